The molecule has 1 saturated carbocycles. The Kier molecular flexibility index (Phi) is 4.56. The zero-order chi connectivity index (χ0) is 16.6. The molecule has 1 aromatic rings. The monoisotopic (exact) mass is 395 g/mol. The first-order chi connectivity index (χ1) is 11.0. The van der Waals surface area contributed by atoms with Crippen LogP contribution in [-0.2, 0) is 11.3 Å². The fraction of sp³-hybridized carbons (Fsp3) is 0.471. The number of rotatable bonds is 5. The topological polar surface area (TPSA) is 60.2 Å². The third-order valence-electron chi connectivity index (χ3n) is 4.29. The van der Waals surface area contributed by atoms with Gasteiger partial charge in [-0.1, -0.05) is 59.2 Å². The molecule has 23 heavy (non-hydrogen) atoms. The standard InChI is InChI=1S/C17H18BrNO3S/c1-10(2)16(23-21)17(18)8-4-3-5-13(17)14(20)12-9-19-22-15(12)11-6-7-11/h3-5,8-11,13H,6-7H2,1-2H3. The highest BCUT2D eigenvalue weighted by Gasteiger charge is 2.45. The average molecular weight is 396 g/mol. The van der Waals surface area contributed by atoms with Crippen LogP contribution in [0.1, 0.15) is 48.7 Å². The van der Waals surface area contributed by atoms with Crippen LogP contribution in [0.15, 0.2) is 35.0 Å². The van der Waals surface area contributed by atoms with Crippen LogP contribution < -0.4 is 0 Å². The molecule has 0 amide bonds. The molecule has 0 spiro atoms. The van der Waals surface area contributed by atoms with Crippen LogP contribution in [0.4, 0.5) is 0 Å². The molecule has 2 atom stereocenters. The summed E-state index contributed by atoms with van der Waals surface area (Å²) in [7, 11) is 0. The third kappa shape index (κ3) is 2.94. The summed E-state index contributed by atoms with van der Waals surface area (Å²) in [6, 6.07) is 0. The van der Waals surface area contributed by atoms with Crippen LogP contribution in [0.2, 0.25) is 0 Å². The number of alkyl halides is 1. The van der Waals surface area contributed by atoms with E-state index < -0.39 is 10.2 Å². The number of Topliss-reactive ketones (excluding diaryl/α,β-unsaturated/α-hetero) is 1. The number of aromatic nitrogens is 1. The fourth-order valence-electron chi connectivity index (χ4n) is 2.97. The largest absolute Gasteiger partial charge is 0.360 e. The molecule has 1 heterocycles. The second kappa shape index (κ2) is 6.32. The van der Waals surface area contributed by atoms with Crippen LogP contribution in [0, 0.1) is 11.8 Å². The highest BCUT2D eigenvalue weighted by Crippen LogP contribution is 2.44. The zero-order valence-corrected chi connectivity index (χ0v) is 15.4. The summed E-state index contributed by atoms with van der Waals surface area (Å²) in [6.45, 7) is 3.93. The minimum Gasteiger partial charge on any atom is -0.360 e. The van der Waals surface area contributed by atoms with Crippen LogP contribution >= 0.6 is 15.9 Å². The number of carbonyl (C=O) groups excluding carboxylic acids is 1. The summed E-state index contributed by atoms with van der Waals surface area (Å²) in [6.07, 6.45) is 11.0. The van der Waals surface area contributed by atoms with Crippen molar-refractivity contribution in [3.8, 4) is 0 Å². The van der Waals surface area contributed by atoms with Crippen molar-refractivity contribution < 1.29 is 13.5 Å². The Hall–Kier alpha value is -1.27. The van der Waals surface area contributed by atoms with Crippen LogP contribution in [0.5, 0.6) is 0 Å². The van der Waals surface area contributed by atoms with E-state index >= 15 is 0 Å². The maximum Gasteiger partial charge on any atom is 0.177 e. The van der Waals surface area contributed by atoms with E-state index in [1.807, 2.05) is 38.2 Å². The van der Waals surface area contributed by atoms with Crippen molar-refractivity contribution in [1.29, 1.82) is 0 Å². The van der Waals surface area contributed by atoms with Gasteiger partial charge in [0.05, 0.1) is 33.3 Å². The summed E-state index contributed by atoms with van der Waals surface area (Å²) in [5.74, 6) is 0.509. The summed E-state index contributed by atoms with van der Waals surface area (Å²) in [5.41, 5.74) is 0.542. The van der Waals surface area contributed by atoms with Gasteiger partial charge >= 0.3 is 0 Å². The van der Waals surface area contributed by atoms with Gasteiger partial charge in [-0.3, -0.25) is 4.79 Å². The number of hydrogen-bond acceptors (Lipinski definition) is 4. The third-order valence-corrected chi connectivity index (χ3v) is 6.73. The van der Waals surface area contributed by atoms with E-state index in [0.717, 1.165) is 12.8 Å². The summed E-state index contributed by atoms with van der Waals surface area (Å²) in [5, 5.41) is 3.82. The van der Waals surface area contributed by atoms with Crippen LogP contribution in [0.25, 0.3) is 0 Å². The van der Waals surface area contributed by atoms with Crippen molar-refractivity contribution in [3.05, 3.63) is 41.8 Å². The zero-order valence-electron chi connectivity index (χ0n) is 13.0. The molecular formula is C17H18BrNO3S. The van der Waals surface area contributed by atoms with Gasteiger partial charge in [0.2, 0.25) is 0 Å². The lowest BCUT2D eigenvalue weighted by molar-refractivity contribution is 0.0940. The summed E-state index contributed by atoms with van der Waals surface area (Å²) in [4.78, 5) is 13.8. The van der Waals surface area contributed by atoms with E-state index in [2.05, 4.69) is 21.1 Å². The van der Waals surface area contributed by atoms with Crippen molar-refractivity contribution in [2.24, 2.45) is 11.8 Å². The Morgan fingerprint density at radius 2 is 2.17 bits per heavy atom. The number of allylic oxidation sites excluding steroid dienone is 4. The second-order valence-electron chi connectivity index (χ2n) is 6.33. The summed E-state index contributed by atoms with van der Waals surface area (Å²) >= 11 is 4.15. The van der Waals surface area contributed by atoms with Crippen LogP contribution in [-0.4, -0.2) is 24.3 Å². The molecular weight excluding hydrogens is 378 g/mol. The first kappa shape index (κ1) is 16.6. The molecule has 1 aromatic heterocycles. The Morgan fingerprint density at radius 1 is 1.43 bits per heavy atom. The molecule has 122 valence electrons. The number of halogens is 1. The molecule has 0 radical (unpaired) electrons. The quantitative estimate of drug-likeness (QED) is 0.433. The Labute approximate surface area is 147 Å². The Morgan fingerprint density at radius 3 is 2.78 bits per heavy atom. The van der Waals surface area contributed by atoms with Crippen LogP contribution in [0.3, 0.4) is 0 Å². The van der Waals surface area contributed by atoms with E-state index in [1.165, 1.54) is 6.20 Å². The van der Waals surface area contributed by atoms with Gasteiger partial charge in [0.15, 0.2) is 11.5 Å². The maximum absolute atomic E-state index is 13.1. The van der Waals surface area contributed by atoms with E-state index in [0.29, 0.717) is 33.4 Å². The van der Waals surface area contributed by atoms with Gasteiger partial charge in [-0.15, -0.1) is 0 Å². The Balaban J connectivity index is 2.00. The molecule has 2 aliphatic carbocycles. The van der Waals surface area contributed by atoms with Crippen molar-refractivity contribution in [1.82, 2.24) is 5.16 Å². The van der Waals surface area contributed by atoms with Crippen molar-refractivity contribution in [3.63, 3.8) is 0 Å². The highest BCUT2D eigenvalue weighted by atomic mass is 79.9. The van der Waals surface area contributed by atoms with E-state index in [1.54, 1.807) is 0 Å². The highest BCUT2D eigenvalue weighted by molar-refractivity contribution is 9.10. The first-order valence-electron chi connectivity index (χ1n) is 7.70. The molecule has 6 heteroatoms. The Bertz CT molecular complexity index is 741. The molecule has 1 fully saturated rings. The smallest absolute Gasteiger partial charge is 0.177 e. The maximum atomic E-state index is 13.1. The van der Waals surface area contributed by atoms with Gasteiger partial charge in [-0.05, 0) is 18.8 Å². The van der Waals surface area contributed by atoms with Gasteiger partial charge in [-0.25, -0.2) is 4.21 Å². The normalized spacial score (nSPS) is 26.5. The SMILES string of the molecule is CC(C)C(=S=O)C1(Br)C=CC=CC1C(=O)c1cnoc1C1CC1. The summed E-state index contributed by atoms with van der Waals surface area (Å²) < 4.78 is 16.2. The number of ketones is 1. The van der Waals surface area contributed by atoms with E-state index in [9.17, 15) is 9.00 Å². The van der Waals surface area contributed by atoms with Crippen molar-refractivity contribution in [2.75, 3.05) is 0 Å². The molecule has 4 nitrogen and oxygen atoms in total. The molecule has 2 aliphatic rings. The lowest BCUT2D eigenvalue weighted by Crippen LogP contribution is -2.44. The van der Waals surface area contributed by atoms with Crippen molar-refractivity contribution in [2.45, 2.75) is 36.9 Å². The predicted molar refractivity (Wildman–Crippen MR) is 94.2 cm³/mol. The van der Waals surface area contributed by atoms with Gasteiger partial charge in [-0.2, -0.15) is 0 Å². The van der Waals surface area contributed by atoms with E-state index in [4.69, 9.17) is 4.52 Å². The average Bonchev–Trinajstić information content (AvgIpc) is 3.24. The lowest BCUT2D eigenvalue weighted by atomic mass is 9.78. The molecule has 2 unspecified atom stereocenters. The predicted octanol–water partition coefficient (Wildman–Crippen LogP) is 3.65. The molecule has 0 saturated heterocycles. The number of carbonyl (C=O) groups is 1. The second-order valence-corrected chi connectivity index (χ2v) is 8.25. The van der Waals surface area contributed by atoms with Gasteiger partial charge in [0.25, 0.3) is 0 Å². The molecule has 0 aliphatic heterocycles. The van der Waals surface area contributed by atoms with Gasteiger partial charge in [0, 0.05) is 10.8 Å². The molecule has 3 rings (SSSR count). The first-order valence-corrected chi connectivity index (χ1v) is 9.23. The minimum atomic E-state index is -0.780. The van der Waals surface area contributed by atoms with Crippen molar-refractivity contribution >= 4 is 37.8 Å². The number of hydrogen-bond donors (Lipinski definition) is 0. The van der Waals surface area contributed by atoms with E-state index in [-0.39, 0.29) is 11.7 Å². The molecule has 0 aromatic carbocycles. The molecule has 0 bridgehead atoms. The molecule has 0 N–H and O–H groups in total. The lowest BCUT2D eigenvalue weighted by Gasteiger charge is -2.34. The fourth-order valence-corrected chi connectivity index (χ4v) is 4.66. The van der Waals surface area contributed by atoms with Gasteiger partial charge < -0.3 is 4.52 Å². The van der Waals surface area contributed by atoms with Gasteiger partial charge in [0.1, 0.15) is 0 Å². The number of nitrogens with zero attached hydrogens (tertiary/aromatic N) is 1. The minimum absolute atomic E-state index is 0.0497.